The molecule has 2 aliphatic carbocycles. The van der Waals surface area contributed by atoms with E-state index in [1.165, 1.54) is 6.42 Å². The summed E-state index contributed by atoms with van der Waals surface area (Å²) in [6.45, 7) is 6.25. The normalized spacial score (nSPS) is 17.3. The van der Waals surface area contributed by atoms with Crippen LogP contribution in [0.5, 0.6) is 0 Å². The number of sulfone groups is 1. The highest BCUT2D eigenvalue weighted by Gasteiger charge is 2.35. The van der Waals surface area contributed by atoms with Crippen molar-refractivity contribution in [3.63, 3.8) is 0 Å². The maximum Gasteiger partial charge on any atom is 0.318 e. The van der Waals surface area contributed by atoms with Crippen molar-refractivity contribution in [1.82, 2.24) is 19.8 Å². The van der Waals surface area contributed by atoms with E-state index in [0.717, 1.165) is 55.3 Å². The van der Waals surface area contributed by atoms with E-state index in [2.05, 4.69) is 10.3 Å². The molecule has 0 spiro atoms. The molecule has 0 aliphatic heterocycles. The number of benzene rings is 1. The molecule has 1 aromatic heterocycles. The molecule has 0 atom stereocenters. The van der Waals surface area contributed by atoms with E-state index in [1.807, 2.05) is 54.5 Å². The van der Waals surface area contributed by atoms with Crippen LogP contribution < -0.4 is 5.32 Å². The van der Waals surface area contributed by atoms with Gasteiger partial charge in [0.1, 0.15) is 0 Å². The van der Waals surface area contributed by atoms with Crippen LogP contribution in [0.4, 0.5) is 4.79 Å². The fourth-order valence-electron chi connectivity index (χ4n) is 4.80. The van der Waals surface area contributed by atoms with Crippen molar-refractivity contribution in [3.05, 3.63) is 47.3 Å². The fraction of sp³-hybridized carbons (Fsp3) is 0.600. The maximum absolute atomic E-state index is 13.5. The summed E-state index contributed by atoms with van der Waals surface area (Å²) in [5.74, 6) is -0.0714. The van der Waals surface area contributed by atoms with Crippen LogP contribution in [0.3, 0.4) is 0 Å². The van der Waals surface area contributed by atoms with Gasteiger partial charge < -0.3 is 14.8 Å². The number of amides is 2. The number of carbonyl (C=O) groups excluding carboxylic acids is 1. The fourth-order valence-corrected chi connectivity index (χ4v) is 6.32. The third-order valence-corrected chi connectivity index (χ3v) is 8.06. The number of rotatable bonds is 8. The highest BCUT2D eigenvalue weighted by atomic mass is 32.2. The number of nitrogens with one attached hydrogen (secondary N) is 1. The molecule has 4 rings (SSSR count). The van der Waals surface area contributed by atoms with Crippen molar-refractivity contribution in [2.24, 2.45) is 0 Å². The van der Waals surface area contributed by atoms with Gasteiger partial charge in [0.05, 0.1) is 24.2 Å². The van der Waals surface area contributed by atoms with Gasteiger partial charge in [0.15, 0.2) is 0 Å². The first-order valence-corrected chi connectivity index (χ1v) is 13.8. The minimum Gasteiger partial charge on any atom is -0.336 e. The van der Waals surface area contributed by atoms with E-state index in [-0.39, 0.29) is 35.1 Å². The maximum atomic E-state index is 13.5. The van der Waals surface area contributed by atoms with E-state index < -0.39 is 9.84 Å². The molecule has 1 heterocycles. The Morgan fingerprint density at radius 2 is 1.91 bits per heavy atom. The number of imidazole rings is 1. The van der Waals surface area contributed by atoms with Gasteiger partial charge in [-0.3, -0.25) is 0 Å². The summed E-state index contributed by atoms with van der Waals surface area (Å²) in [6, 6.07) is 7.90. The zero-order chi connectivity index (χ0) is 23.6. The van der Waals surface area contributed by atoms with Crippen molar-refractivity contribution in [2.45, 2.75) is 101 Å². The Labute approximate surface area is 197 Å². The molecule has 0 bridgehead atoms. The zero-order valence-corrected chi connectivity index (χ0v) is 20.8. The number of aryl methyl sites for hydroxylation is 1. The number of aromatic nitrogens is 2. The number of nitrogens with zero attached hydrogens (tertiary/aromatic N) is 3. The number of hydrogen-bond donors (Lipinski definition) is 1. The molecule has 180 valence electrons. The quantitative estimate of drug-likeness (QED) is 0.601. The van der Waals surface area contributed by atoms with Crippen molar-refractivity contribution in [3.8, 4) is 0 Å². The van der Waals surface area contributed by atoms with E-state index in [1.54, 1.807) is 6.20 Å². The van der Waals surface area contributed by atoms with Crippen LogP contribution in [0.15, 0.2) is 35.6 Å². The smallest absolute Gasteiger partial charge is 0.318 e. The molecule has 2 fully saturated rings. The molecule has 2 aliphatic rings. The Balaban J connectivity index is 1.67. The van der Waals surface area contributed by atoms with Gasteiger partial charge in [-0.25, -0.2) is 18.2 Å². The lowest BCUT2D eigenvalue weighted by atomic mass is 9.95. The van der Waals surface area contributed by atoms with Crippen LogP contribution in [-0.2, 0) is 22.1 Å². The van der Waals surface area contributed by atoms with Crippen LogP contribution in [0.25, 0.3) is 0 Å². The molecule has 7 nitrogen and oxygen atoms in total. The Morgan fingerprint density at radius 1 is 1.18 bits per heavy atom. The summed E-state index contributed by atoms with van der Waals surface area (Å²) >= 11 is 0. The van der Waals surface area contributed by atoms with Crippen LogP contribution in [-0.4, -0.2) is 41.0 Å². The third kappa shape index (κ3) is 5.78. The van der Waals surface area contributed by atoms with Gasteiger partial charge in [0.2, 0.25) is 15.0 Å². The molecular formula is C25H36N4O3S. The second kappa shape index (κ2) is 9.87. The van der Waals surface area contributed by atoms with Crippen molar-refractivity contribution in [2.75, 3.05) is 0 Å². The molecule has 1 aromatic carbocycles. The van der Waals surface area contributed by atoms with Gasteiger partial charge in [-0.05, 0) is 52.0 Å². The number of carbonyl (C=O) groups is 1. The molecule has 33 heavy (non-hydrogen) atoms. The Hall–Kier alpha value is -2.35. The Bertz CT molecular complexity index is 1080. The number of urea groups is 1. The first-order chi connectivity index (χ1) is 15.7. The van der Waals surface area contributed by atoms with E-state index in [9.17, 15) is 13.2 Å². The standard InChI is InChI=1S/C25H36N4O3S/c1-18(2)27-24(30)28(21-12-13-21)16-23-15-26-25(29(23)22-10-5-4-6-11-22)33(31,32)17-20-9-7-8-19(3)14-20/h7-9,14-15,18,21-22H,4-6,10-13,16-17H2,1-3H3,(H,27,30). The second-order valence-electron chi connectivity index (χ2n) is 9.91. The lowest BCUT2D eigenvalue weighted by Gasteiger charge is -2.29. The molecule has 8 heteroatoms. The van der Waals surface area contributed by atoms with E-state index >= 15 is 0 Å². The molecule has 0 radical (unpaired) electrons. The molecular weight excluding hydrogens is 436 g/mol. The summed E-state index contributed by atoms with van der Waals surface area (Å²) in [5, 5.41) is 3.14. The minimum atomic E-state index is -3.64. The van der Waals surface area contributed by atoms with Crippen LogP contribution in [0, 0.1) is 6.92 Å². The lowest BCUT2D eigenvalue weighted by molar-refractivity contribution is 0.186. The minimum absolute atomic E-state index is 0.0484. The highest BCUT2D eigenvalue weighted by molar-refractivity contribution is 7.90. The predicted octanol–water partition coefficient (Wildman–Crippen LogP) is 4.75. The van der Waals surface area contributed by atoms with Crippen molar-refractivity contribution < 1.29 is 13.2 Å². The second-order valence-corrected chi connectivity index (χ2v) is 11.8. The highest BCUT2D eigenvalue weighted by Crippen LogP contribution is 2.34. The molecule has 2 amide bonds. The van der Waals surface area contributed by atoms with Gasteiger partial charge in [0, 0.05) is 18.1 Å². The largest absolute Gasteiger partial charge is 0.336 e. The van der Waals surface area contributed by atoms with Crippen molar-refractivity contribution >= 4 is 15.9 Å². The average molecular weight is 473 g/mol. The Kier molecular flexibility index (Phi) is 7.12. The summed E-state index contributed by atoms with van der Waals surface area (Å²) < 4.78 is 29.0. The van der Waals surface area contributed by atoms with Crippen LogP contribution in [0.2, 0.25) is 0 Å². The predicted molar refractivity (Wildman–Crippen MR) is 129 cm³/mol. The molecule has 0 saturated heterocycles. The SMILES string of the molecule is Cc1cccc(CS(=O)(=O)c2ncc(CN(C(=O)NC(C)C)C3CC3)n2C2CCCCC2)c1. The summed E-state index contributed by atoms with van der Waals surface area (Å²) in [7, 11) is -3.64. The third-order valence-electron chi connectivity index (χ3n) is 6.49. The van der Waals surface area contributed by atoms with E-state index in [4.69, 9.17) is 0 Å². The summed E-state index contributed by atoms with van der Waals surface area (Å²) in [4.78, 5) is 19.2. The van der Waals surface area contributed by atoms with Gasteiger partial charge >= 0.3 is 6.03 Å². The van der Waals surface area contributed by atoms with Gasteiger partial charge in [-0.1, -0.05) is 49.1 Å². The van der Waals surface area contributed by atoms with Crippen molar-refractivity contribution in [1.29, 1.82) is 0 Å². The Morgan fingerprint density at radius 3 is 2.55 bits per heavy atom. The van der Waals surface area contributed by atoms with Crippen LogP contribution in [0.1, 0.15) is 81.7 Å². The number of hydrogen-bond acceptors (Lipinski definition) is 4. The first kappa shape index (κ1) is 23.8. The van der Waals surface area contributed by atoms with Gasteiger partial charge in [-0.15, -0.1) is 0 Å². The first-order valence-electron chi connectivity index (χ1n) is 12.2. The monoisotopic (exact) mass is 472 g/mol. The lowest BCUT2D eigenvalue weighted by Crippen LogP contribution is -2.44. The average Bonchev–Trinajstić information content (AvgIpc) is 3.50. The molecule has 2 saturated carbocycles. The summed E-state index contributed by atoms with van der Waals surface area (Å²) in [5.41, 5.74) is 2.62. The van der Waals surface area contributed by atoms with Crippen LogP contribution >= 0.6 is 0 Å². The van der Waals surface area contributed by atoms with Gasteiger partial charge in [-0.2, -0.15) is 0 Å². The molecule has 0 unspecified atom stereocenters. The van der Waals surface area contributed by atoms with Gasteiger partial charge in [0.25, 0.3) is 0 Å². The topological polar surface area (TPSA) is 84.3 Å². The molecule has 2 aromatic rings. The summed E-state index contributed by atoms with van der Waals surface area (Å²) in [6.07, 6.45) is 8.88. The zero-order valence-electron chi connectivity index (χ0n) is 20.0. The molecule has 1 N–H and O–H groups in total. The van der Waals surface area contributed by atoms with E-state index in [0.29, 0.717) is 6.54 Å².